The van der Waals surface area contributed by atoms with Crippen molar-refractivity contribution in [2.24, 2.45) is 0 Å². The zero-order chi connectivity index (χ0) is 18.5. The standard InChI is InChI=1S/C20H20N4O2S/c25-19(24-10-11-26-18(12-24)16-4-2-1-3-5-16)17-8-6-15(7-9-17)13-27-20-21-14-22-23-20/h1-9,14,18H,10-13H2,(H,21,22,23). The number of ether oxygens (including phenoxy) is 1. The van der Waals surface area contributed by atoms with Crippen molar-refractivity contribution in [3.63, 3.8) is 0 Å². The Morgan fingerprint density at radius 3 is 2.74 bits per heavy atom. The normalized spacial score (nSPS) is 17.0. The topological polar surface area (TPSA) is 71.1 Å². The van der Waals surface area contributed by atoms with Gasteiger partial charge in [-0.1, -0.05) is 54.2 Å². The van der Waals surface area contributed by atoms with Crippen LogP contribution < -0.4 is 0 Å². The zero-order valence-electron chi connectivity index (χ0n) is 14.7. The monoisotopic (exact) mass is 380 g/mol. The largest absolute Gasteiger partial charge is 0.370 e. The minimum absolute atomic E-state index is 0.0497. The molecule has 1 amide bonds. The van der Waals surface area contributed by atoms with Crippen molar-refractivity contribution in [2.75, 3.05) is 19.7 Å². The van der Waals surface area contributed by atoms with Crippen LogP contribution in [0.4, 0.5) is 0 Å². The number of benzene rings is 2. The lowest BCUT2D eigenvalue weighted by Crippen LogP contribution is -2.42. The number of thioether (sulfide) groups is 1. The maximum Gasteiger partial charge on any atom is 0.254 e. The fourth-order valence-electron chi connectivity index (χ4n) is 3.04. The molecule has 0 saturated carbocycles. The van der Waals surface area contributed by atoms with Crippen molar-refractivity contribution in [1.82, 2.24) is 20.1 Å². The first-order valence-electron chi connectivity index (χ1n) is 8.82. The van der Waals surface area contributed by atoms with Gasteiger partial charge in [-0.3, -0.25) is 9.89 Å². The number of hydrogen-bond donors (Lipinski definition) is 1. The minimum Gasteiger partial charge on any atom is -0.370 e. The van der Waals surface area contributed by atoms with Gasteiger partial charge in [0.1, 0.15) is 12.4 Å². The van der Waals surface area contributed by atoms with E-state index in [0.29, 0.717) is 25.3 Å². The van der Waals surface area contributed by atoms with Gasteiger partial charge in [0.2, 0.25) is 0 Å². The molecule has 1 N–H and O–H groups in total. The third-order valence-electron chi connectivity index (χ3n) is 4.49. The van der Waals surface area contributed by atoms with Gasteiger partial charge in [0.15, 0.2) is 5.16 Å². The van der Waals surface area contributed by atoms with Crippen molar-refractivity contribution >= 4 is 17.7 Å². The molecule has 2 aromatic carbocycles. The van der Waals surface area contributed by atoms with Crippen LogP contribution >= 0.6 is 11.8 Å². The molecule has 1 aromatic heterocycles. The van der Waals surface area contributed by atoms with Crippen molar-refractivity contribution < 1.29 is 9.53 Å². The van der Waals surface area contributed by atoms with E-state index in [1.165, 1.54) is 6.33 Å². The summed E-state index contributed by atoms with van der Waals surface area (Å²) in [6, 6.07) is 17.8. The second-order valence-electron chi connectivity index (χ2n) is 6.30. The predicted molar refractivity (Wildman–Crippen MR) is 103 cm³/mol. The Morgan fingerprint density at radius 2 is 2.00 bits per heavy atom. The van der Waals surface area contributed by atoms with Gasteiger partial charge in [-0.05, 0) is 23.3 Å². The number of nitrogens with zero attached hydrogens (tertiary/aromatic N) is 3. The molecule has 6 nitrogen and oxygen atoms in total. The molecule has 138 valence electrons. The first-order chi connectivity index (χ1) is 13.3. The SMILES string of the molecule is O=C(c1ccc(CSc2ncn[nH]2)cc1)N1CCOC(c2ccccc2)C1. The Kier molecular flexibility index (Phi) is 5.50. The molecule has 0 bridgehead atoms. The van der Waals surface area contributed by atoms with Crippen LogP contribution in [0.1, 0.15) is 27.6 Å². The highest BCUT2D eigenvalue weighted by Crippen LogP contribution is 2.24. The molecular weight excluding hydrogens is 360 g/mol. The quantitative estimate of drug-likeness (QED) is 0.688. The highest BCUT2D eigenvalue weighted by atomic mass is 32.2. The molecule has 1 fully saturated rings. The molecule has 0 aliphatic carbocycles. The van der Waals surface area contributed by atoms with E-state index in [2.05, 4.69) is 15.2 Å². The minimum atomic E-state index is -0.0681. The van der Waals surface area contributed by atoms with Crippen molar-refractivity contribution in [3.8, 4) is 0 Å². The Balaban J connectivity index is 1.38. The number of rotatable bonds is 5. The van der Waals surface area contributed by atoms with E-state index in [-0.39, 0.29) is 12.0 Å². The van der Waals surface area contributed by atoms with Crippen LogP contribution in [0, 0.1) is 0 Å². The molecule has 0 radical (unpaired) electrons. The zero-order valence-corrected chi connectivity index (χ0v) is 15.6. The lowest BCUT2D eigenvalue weighted by molar-refractivity contribution is -0.0228. The molecule has 0 spiro atoms. The number of aromatic nitrogens is 3. The van der Waals surface area contributed by atoms with E-state index in [4.69, 9.17) is 4.74 Å². The van der Waals surface area contributed by atoms with Crippen LogP contribution in [0.2, 0.25) is 0 Å². The number of carbonyl (C=O) groups is 1. The maximum atomic E-state index is 12.9. The molecule has 1 unspecified atom stereocenters. The van der Waals surface area contributed by atoms with Gasteiger partial charge in [-0.2, -0.15) is 5.10 Å². The Bertz CT molecular complexity index is 869. The average molecular weight is 380 g/mol. The number of carbonyl (C=O) groups excluding carboxylic acids is 1. The van der Waals surface area contributed by atoms with Gasteiger partial charge in [0.25, 0.3) is 5.91 Å². The third kappa shape index (κ3) is 4.37. The fourth-order valence-corrected chi connectivity index (χ4v) is 3.78. The molecule has 1 saturated heterocycles. The summed E-state index contributed by atoms with van der Waals surface area (Å²) in [5.74, 6) is 0.825. The summed E-state index contributed by atoms with van der Waals surface area (Å²) in [4.78, 5) is 18.8. The number of hydrogen-bond acceptors (Lipinski definition) is 5. The van der Waals surface area contributed by atoms with E-state index in [1.807, 2.05) is 59.5 Å². The van der Waals surface area contributed by atoms with Gasteiger partial charge in [0, 0.05) is 17.9 Å². The summed E-state index contributed by atoms with van der Waals surface area (Å²) in [7, 11) is 0. The van der Waals surface area contributed by atoms with E-state index < -0.39 is 0 Å². The first kappa shape index (κ1) is 17.8. The number of aromatic amines is 1. The molecule has 3 aromatic rings. The third-order valence-corrected chi connectivity index (χ3v) is 5.44. The fraction of sp³-hybridized carbons (Fsp3) is 0.250. The summed E-state index contributed by atoms with van der Waals surface area (Å²) in [6.45, 7) is 1.74. The molecular formula is C20H20N4O2S. The number of nitrogens with one attached hydrogen (secondary N) is 1. The molecule has 4 rings (SSSR count). The van der Waals surface area contributed by atoms with Gasteiger partial charge >= 0.3 is 0 Å². The first-order valence-corrected chi connectivity index (χ1v) is 9.81. The maximum absolute atomic E-state index is 12.9. The predicted octanol–water partition coefficient (Wildman–Crippen LogP) is 3.31. The van der Waals surface area contributed by atoms with E-state index in [9.17, 15) is 4.79 Å². The average Bonchev–Trinajstić information content (AvgIpc) is 3.27. The summed E-state index contributed by atoms with van der Waals surface area (Å²) in [5.41, 5.74) is 2.95. The second kappa shape index (κ2) is 8.37. The molecule has 7 heteroatoms. The summed E-state index contributed by atoms with van der Waals surface area (Å²) in [6.07, 6.45) is 1.43. The molecule has 1 aliphatic heterocycles. The van der Waals surface area contributed by atoms with E-state index >= 15 is 0 Å². The van der Waals surface area contributed by atoms with Gasteiger partial charge < -0.3 is 9.64 Å². The lowest BCUT2D eigenvalue weighted by atomic mass is 10.1. The molecule has 1 aliphatic rings. The molecule has 27 heavy (non-hydrogen) atoms. The van der Waals surface area contributed by atoms with Crippen LogP contribution in [0.5, 0.6) is 0 Å². The van der Waals surface area contributed by atoms with Crippen LogP contribution in [0.15, 0.2) is 66.1 Å². The van der Waals surface area contributed by atoms with Gasteiger partial charge in [-0.25, -0.2) is 4.98 Å². The molecule has 2 heterocycles. The lowest BCUT2D eigenvalue weighted by Gasteiger charge is -2.33. The van der Waals surface area contributed by atoms with Crippen LogP contribution in [-0.4, -0.2) is 45.7 Å². The second-order valence-corrected chi connectivity index (χ2v) is 7.26. The number of morpholine rings is 1. The van der Waals surface area contributed by atoms with Gasteiger partial charge in [0.05, 0.1) is 13.2 Å². The Morgan fingerprint density at radius 1 is 1.19 bits per heavy atom. The van der Waals surface area contributed by atoms with Crippen LogP contribution in [-0.2, 0) is 10.5 Å². The summed E-state index contributed by atoms with van der Waals surface area (Å²) in [5, 5.41) is 7.45. The van der Waals surface area contributed by atoms with Gasteiger partial charge in [-0.15, -0.1) is 0 Å². The van der Waals surface area contributed by atoms with Crippen molar-refractivity contribution in [2.45, 2.75) is 17.0 Å². The molecule has 1 atom stereocenters. The summed E-state index contributed by atoms with van der Waals surface area (Å²) < 4.78 is 5.86. The number of amides is 1. The van der Waals surface area contributed by atoms with Crippen LogP contribution in [0.25, 0.3) is 0 Å². The Hall–Kier alpha value is -2.64. The van der Waals surface area contributed by atoms with Crippen molar-refractivity contribution in [1.29, 1.82) is 0 Å². The smallest absolute Gasteiger partial charge is 0.254 e. The Labute approximate surface area is 162 Å². The van der Waals surface area contributed by atoms with E-state index in [0.717, 1.165) is 22.0 Å². The summed E-state index contributed by atoms with van der Waals surface area (Å²) >= 11 is 1.58. The highest BCUT2D eigenvalue weighted by Gasteiger charge is 2.26. The van der Waals surface area contributed by atoms with Crippen LogP contribution in [0.3, 0.4) is 0 Å². The van der Waals surface area contributed by atoms with Crippen molar-refractivity contribution in [3.05, 3.63) is 77.6 Å². The van der Waals surface area contributed by atoms with E-state index in [1.54, 1.807) is 11.8 Å². The number of H-pyrrole nitrogens is 1. The highest BCUT2D eigenvalue weighted by molar-refractivity contribution is 7.98.